The number of nitrogens with zero attached hydrogens (tertiary/aromatic N) is 3. The topological polar surface area (TPSA) is 41.1 Å². The van der Waals surface area contributed by atoms with Crippen LogP contribution < -0.4 is 10.2 Å². The quantitative estimate of drug-likeness (QED) is 0.874. The van der Waals surface area contributed by atoms with E-state index in [-0.39, 0.29) is 0 Å². The molecule has 0 bridgehead atoms. The molecule has 2 aromatic rings. The molecule has 1 fully saturated rings. The van der Waals surface area contributed by atoms with Gasteiger partial charge in [0.15, 0.2) is 0 Å². The molecule has 1 atom stereocenters. The predicted molar refractivity (Wildman–Crippen MR) is 82.1 cm³/mol. The van der Waals surface area contributed by atoms with Crippen LogP contribution in [0.1, 0.15) is 12.1 Å². The monoisotopic (exact) mass is 328 g/mol. The van der Waals surface area contributed by atoms with Crippen LogP contribution in [0, 0.1) is 0 Å². The average Bonchev–Trinajstić information content (AvgIpc) is 2.93. The number of pyridine rings is 2. The first-order valence-corrected chi connectivity index (χ1v) is 7.92. The van der Waals surface area contributed by atoms with Crippen LogP contribution in [0.3, 0.4) is 0 Å². The van der Waals surface area contributed by atoms with E-state index in [1.165, 1.54) is 12.1 Å². The van der Waals surface area contributed by atoms with Crippen LogP contribution in [0.25, 0.3) is 0 Å². The molecule has 3 heterocycles. The van der Waals surface area contributed by atoms with Crippen molar-refractivity contribution in [2.45, 2.75) is 17.7 Å². The number of nitrogens with one attached hydrogen (secondary N) is 1. The molecule has 3 rings (SSSR count). The van der Waals surface area contributed by atoms with Gasteiger partial charge in [0.25, 0.3) is 0 Å². The molecule has 0 aliphatic carbocycles. The number of anilines is 2. The fraction of sp³-hybridized carbons (Fsp3) is 0.333. The molecular formula is C15H17AsN4. The molecule has 2 aromatic heterocycles. The molecular weight excluding hydrogens is 311 g/mol. The van der Waals surface area contributed by atoms with Crippen molar-refractivity contribution in [1.29, 1.82) is 0 Å². The third-order valence-electron chi connectivity index (χ3n) is 3.45. The summed E-state index contributed by atoms with van der Waals surface area (Å²) in [6, 6.07) is 10.1. The summed E-state index contributed by atoms with van der Waals surface area (Å²) in [6.45, 7) is 2.94. The molecule has 4 nitrogen and oxygen atoms in total. The second-order valence-corrected chi connectivity index (χ2v) is 6.49. The van der Waals surface area contributed by atoms with Gasteiger partial charge in [0.1, 0.15) is 0 Å². The Bertz CT molecular complexity index is 561. The summed E-state index contributed by atoms with van der Waals surface area (Å²) in [4.78, 5) is 11.1. The summed E-state index contributed by atoms with van der Waals surface area (Å²) >= 11 is 2.76. The normalized spacial score (nSPS) is 18.2. The van der Waals surface area contributed by atoms with Crippen LogP contribution in [0.15, 0.2) is 42.7 Å². The van der Waals surface area contributed by atoms with Crippen molar-refractivity contribution in [3.8, 4) is 0 Å². The van der Waals surface area contributed by atoms with Gasteiger partial charge >= 0.3 is 128 Å². The van der Waals surface area contributed by atoms with Crippen molar-refractivity contribution in [3.05, 3.63) is 48.4 Å². The van der Waals surface area contributed by atoms with Gasteiger partial charge in [-0.3, -0.25) is 0 Å². The maximum atomic E-state index is 4.38. The predicted octanol–water partition coefficient (Wildman–Crippen LogP) is 2.26. The van der Waals surface area contributed by atoms with Crippen LogP contribution >= 0.6 is 0 Å². The molecule has 0 spiro atoms. The molecule has 5 heteroatoms. The van der Waals surface area contributed by atoms with E-state index in [4.69, 9.17) is 0 Å². The number of rotatable bonds is 4. The SMILES string of the molecule is [As][C@H]1CCN(c2ccnc(NCc3ccccn3)c2)C1. The molecule has 20 heavy (non-hydrogen) atoms. The van der Waals surface area contributed by atoms with E-state index in [0.717, 1.165) is 29.3 Å². The maximum absolute atomic E-state index is 4.38. The Morgan fingerprint density at radius 3 is 2.95 bits per heavy atom. The second kappa shape index (κ2) is 6.27. The van der Waals surface area contributed by atoms with Crippen LogP contribution in [-0.2, 0) is 6.54 Å². The number of aromatic nitrogens is 2. The summed E-state index contributed by atoms with van der Waals surface area (Å²) < 4.78 is 0.723. The molecule has 1 aliphatic heterocycles. The molecule has 0 amide bonds. The van der Waals surface area contributed by atoms with E-state index in [1.807, 2.05) is 30.6 Å². The zero-order valence-electron chi connectivity index (χ0n) is 11.2. The number of hydrogen-bond acceptors (Lipinski definition) is 4. The van der Waals surface area contributed by atoms with Gasteiger partial charge in [-0.15, -0.1) is 0 Å². The molecule has 0 aromatic carbocycles. The van der Waals surface area contributed by atoms with Crippen molar-refractivity contribution in [2.24, 2.45) is 0 Å². The minimum absolute atomic E-state index is 0.699. The van der Waals surface area contributed by atoms with Crippen LogP contribution in [0.4, 0.5) is 11.5 Å². The standard InChI is InChI=1S/C15H17AsN4/c16-12-5-8-20(11-12)14-4-7-18-15(9-14)19-10-13-3-1-2-6-17-13/h1-4,6-7,9,12H,5,8,10-11H2,(H,18,19)/t12-/m0/s1. The van der Waals surface area contributed by atoms with Crippen molar-refractivity contribution in [3.63, 3.8) is 0 Å². The zero-order chi connectivity index (χ0) is 13.8. The first kappa shape index (κ1) is 13.4. The first-order valence-electron chi connectivity index (χ1n) is 6.84. The average molecular weight is 328 g/mol. The zero-order valence-corrected chi connectivity index (χ0v) is 13.1. The van der Waals surface area contributed by atoms with Crippen molar-refractivity contribution in [1.82, 2.24) is 9.97 Å². The molecule has 1 aliphatic rings. The Balaban J connectivity index is 1.65. The van der Waals surface area contributed by atoms with Crippen molar-refractivity contribution in [2.75, 3.05) is 23.3 Å². The Morgan fingerprint density at radius 1 is 1.25 bits per heavy atom. The molecule has 2 radical (unpaired) electrons. The van der Waals surface area contributed by atoms with E-state index in [0.29, 0.717) is 6.54 Å². The molecule has 0 saturated carbocycles. The Kier molecular flexibility index (Phi) is 4.22. The Labute approximate surface area is 128 Å². The van der Waals surface area contributed by atoms with Crippen molar-refractivity contribution >= 4 is 28.4 Å². The van der Waals surface area contributed by atoms with Gasteiger partial charge in [-0.25, -0.2) is 0 Å². The Hall–Kier alpha value is -1.54. The van der Waals surface area contributed by atoms with Gasteiger partial charge in [-0.05, 0) is 0 Å². The summed E-state index contributed by atoms with van der Waals surface area (Å²) in [6.07, 6.45) is 4.93. The van der Waals surface area contributed by atoms with Gasteiger partial charge in [0, 0.05) is 0 Å². The summed E-state index contributed by atoms with van der Waals surface area (Å²) in [5, 5.41) is 3.33. The van der Waals surface area contributed by atoms with E-state index >= 15 is 0 Å². The van der Waals surface area contributed by atoms with Crippen LogP contribution in [0.5, 0.6) is 0 Å². The third-order valence-corrected chi connectivity index (χ3v) is 4.33. The van der Waals surface area contributed by atoms with Gasteiger partial charge in [0.05, 0.1) is 0 Å². The van der Waals surface area contributed by atoms with Crippen LogP contribution in [-0.4, -0.2) is 39.9 Å². The summed E-state index contributed by atoms with van der Waals surface area (Å²) in [5.41, 5.74) is 2.27. The summed E-state index contributed by atoms with van der Waals surface area (Å²) in [7, 11) is 0. The molecule has 1 saturated heterocycles. The van der Waals surface area contributed by atoms with Crippen LogP contribution in [0.2, 0.25) is 4.71 Å². The van der Waals surface area contributed by atoms with Gasteiger partial charge in [0.2, 0.25) is 0 Å². The fourth-order valence-corrected chi connectivity index (χ4v) is 3.03. The van der Waals surface area contributed by atoms with Crippen molar-refractivity contribution < 1.29 is 0 Å². The molecule has 102 valence electrons. The third kappa shape index (κ3) is 3.31. The van der Waals surface area contributed by atoms with Gasteiger partial charge in [-0.1, -0.05) is 0 Å². The van der Waals surface area contributed by atoms with Gasteiger partial charge < -0.3 is 0 Å². The Morgan fingerprint density at radius 2 is 2.20 bits per heavy atom. The van der Waals surface area contributed by atoms with E-state index in [1.54, 1.807) is 0 Å². The van der Waals surface area contributed by atoms with E-state index < -0.39 is 0 Å². The fourth-order valence-electron chi connectivity index (χ4n) is 2.37. The first-order chi connectivity index (χ1) is 9.81. The van der Waals surface area contributed by atoms with E-state index in [9.17, 15) is 0 Å². The van der Waals surface area contributed by atoms with Gasteiger partial charge in [-0.2, -0.15) is 0 Å². The second-order valence-electron chi connectivity index (χ2n) is 4.96. The summed E-state index contributed by atoms with van der Waals surface area (Å²) in [5.74, 6) is 0.905. The molecule has 1 N–H and O–H groups in total. The minimum atomic E-state index is 0.699. The van der Waals surface area contributed by atoms with E-state index in [2.05, 4.69) is 49.2 Å². The molecule has 0 unspecified atom stereocenters. The number of hydrogen-bond donors (Lipinski definition) is 1.